The summed E-state index contributed by atoms with van der Waals surface area (Å²) in [7, 11) is 3.04. The van der Waals surface area contributed by atoms with Gasteiger partial charge in [-0.25, -0.2) is 4.79 Å². The number of hydrogen-bond donors (Lipinski definition) is 1. The van der Waals surface area contributed by atoms with E-state index in [0.717, 1.165) is 11.5 Å². The lowest BCUT2D eigenvalue weighted by molar-refractivity contribution is -0.123. The normalized spacial score (nSPS) is 14.9. The van der Waals surface area contributed by atoms with Crippen molar-refractivity contribution in [2.75, 3.05) is 31.0 Å². The molecule has 154 valence electrons. The van der Waals surface area contributed by atoms with Crippen LogP contribution in [0.25, 0.3) is 0 Å². The average molecular weight is 434 g/mol. The molecule has 1 saturated heterocycles. The number of hydrogen-bond acceptors (Lipinski definition) is 7. The van der Waals surface area contributed by atoms with Crippen LogP contribution in [-0.2, 0) is 9.53 Å². The smallest absolute Gasteiger partial charge is 0.338 e. The van der Waals surface area contributed by atoms with E-state index in [1.165, 1.54) is 26.7 Å². The molecule has 0 aliphatic carbocycles. The summed E-state index contributed by atoms with van der Waals surface area (Å²) in [4.78, 5) is 24.9. The van der Waals surface area contributed by atoms with E-state index in [4.69, 9.17) is 14.2 Å². The fourth-order valence-electron chi connectivity index (χ4n) is 2.76. The molecule has 1 aliphatic rings. The molecule has 1 N–H and O–H groups in total. The van der Waals surface area contributed by atoms with Crippen LogP contribution in [0.1, 0.15) is 27.4 Å². The van der Waals surface area contributed by atoms with E-state index in [2.05, 4.69) is 5.32 Å². The van der Waals surface area contributed by atoms with Gasteiger partial charge in [0.05, 0.1) is 30.1 Å². The van der Waals surface area contributed by atoms with E-state index >= 15 is 0 Å². The third kappa shape index (κ3) is 5.39. The van der Waals surface area contributed by atoms with Crippen molar-refractivity contribution < 1.29 is 23.8 Å². The van der Waals surface area contributed by atoms with E-state index in [-0.39, 0.29) is 0 Å². The number of anilines is 1. The summed E-state index contributed by atoms with van der Waals surface area (Å²) < 4.78 is 16.2. The molecule has 2 aromatic carbocycles. The number of esters is 1. The summed E-state index contributed by atoms with van der Waals surface area (Å²) in [6.45, 7) is 1.53. The second-order valence-electron chi connectivity index (χ2n) is 6.30. The zero-order valence-corrected chi connectivity index (χ0v) is 18.1. The highest BCUT2D eigenvalue weighted by atomic mass is 32.2. The maximum absolute atomic E-state index is 12.5. The van der Waals surface area contributed by atoms with E-state index in [1.807, 2.05) is 35.7 Å². The summed E-state index contributed by atoms with van der Waals surface area (Å²) >= 11 is 3.81. The molecule has 3 rings (SSSR count). The van der Waals surface area contributed by atoms with Crippen LogP contribution >= 0.6 is 23.5 Å². The molecule has 0 saturated carbocycles. The highest BCUT2D eigenvalue weighted by molar-refractivity contribution is 8.19. The zero-order valence-electron chi connectivity index (χ0n) is 16.5. The third-order valence-corrected chi connectivity index (χ3v) is 7.46. The average Bonchev–Trinajstić information content (AvgIpc) is 3.28. The number of thioether (sulfide) groups is 2. The highest BCUT2D eigenvalue weighted by Gasteiger charge is 2.22. The van der Waals surface area contributed by atoms with Crippen molar-refractivity contribution >= 4 is 41.1 Å². The van der Waals surface area contributed by atoms with E-state index in [9.17, 15) is 9.59 Å². The van der Waals surface area contributed by atoms with Gasteiger partial charge in [0.2, 0.25) is 0 Å². The summed E-state index contributed by atoms with van der Waals surface area (Å²) in [5.74, 6) is 2.34. The Balaban J connectivity index is 1.61. The minimum absolute atomic E-state index is 0.417. The fourth-order valence-corrected chi connectivity index (χ4v) is 5.61. The van der Waals surface area contributed by atoms with Gasteiger partial charge in [0.1, 0.15) is 11.5 Å². The lowest BCUT2D eigenvalue weighted by Gasteiger charge is -2.16. The Hall–Kier alpha value is -2.32. The number of ether oxygens (including phenoxy) is 3. The van der Waals surface area contributed by atoms with Crippen molar-refractivity contribution in [2.24, 2.45) is 0 Å². The van der Waals surface area contributed by atoms with Crippen molar-refractivity contribution in [3.63, 3.8) is 0 Å². The minimum Gasteiger partial charge on any atom is -0.497 e. The Bertz CT molecular complexity index is 866. The molecule has 2 aromatic rings. The van der Waals surface area contributed by atoms with Gasteiger partial charge in [0.25, 0.3) is 5.91 Å². The van der Waals surface area contributed by atoms with Crippen LogP contribution in [0.4, 0.5) is 5.69 Å². The Morgan fingerprint density at radius 3 is 2.34 bits per heavy atom. The molecule has 1 aliphatic heterocycles. The lowest BCUT2D eigenvalue weighted by Crippen LogP contribution is -2.30. The first-order valence-corrected chi connectivity index (χ1v) is 11.2. The van der Waals surface area contributed by atoms with Crippen LogP contribution < -0.4 is 14.8 Å². The van der Waals surface area contributed by atoms with Crippen LogP contribution in [-0.4, -0.2) is 43.7 Å². The van der Waals surface area contributed by atoms with Gasteiger partial charge in [-0.1, -0.05) is 12.1 Å². The van der Waals surface area contributed by atoms with Crippen LogP contribution in [0.3, 0.4) is 0 Å². The molecule has 0 bridgehead atoms. The Kier molecular flexibility index (Phi) is 7.33. The first kappa shape index (κ1) is 21.4. The molecule has 1 fully saturated rings. The van der Waals surface area contributed by atoms with E-state index in [1.54, 1.807) is 30.3 Å². The Morgan fingerprint density at radius 2 is 1.72 bits per heavy atom. The van der Waals surface area contributed by atoms with Gasteiger partial charge >= 0.3 is 5.97 Å². The maximum atomic E-state index is 12.5. The second kappa shape index (κ2) is 9.93. The molecule has 1 unspecified atom stereocenters. The van der Waals surface area contributed by atoms with Crippen molar-refractivity contribution in [3.05, 3.63) is 53.6 Å². The van der Waals surface area contributed by atoms with Crippen molar-refractivity contribution in [2.45, 2.75) is 17.6 Å². The highest BCUT2D eigenvalue weighted by Crippen LogP contribution is 2.45. The Morgan fingerprint density at radius 1 is 1.03 bits per heavy atom. The maximum Gasteiger partial charge on any atom is 0.338 e. The quantitative estimate of drug-likeness (QED) is 0.650. The SMILES string of the molecule is COc1ccc(OC)c(NC(=O)C(C)OC(=O)c2ccc(C3SCCS3)cc2)c1. The van der Waals surface area contributed by atoms with Crippen LogP contribution in [0.2, 0.25) is 0 Å². The van der Waals surface area contributed by atoms with Crippen molar-refractivity contribution in [3.8, 4) is 11.5 Å². The molecule has 1 amide bonds. The van der Waals surface area contributed by atoms with Gasteiger partial charge < -0.3 is 19.5 Å². The molecular weight excluding hydrogens is 410 g/mol. The summed E-state index contributed by atoms with van der Waals surface area (Å²) in [6.07, 6.45) is -0.973. The van der Waals surface area contributed by atoms with Gasteiger partial charge in [-0.05, 0) is 36.8 Å². The van der Waals surface area contributed by atoms with E-state index in [0.29, 0.717) is 27.3 Å². The van der Waals surface area contributed by atoms with Gasteiger partial charge in [-0.15, -0.1) is 23.5 Å². The molecule has 8 heteroatoms. The number of nitrogens with one attached hydrogen (secondary N) is 1. The van der Waals surface area contributed by atoms with Crippen molar-refractivity contribution in [1.82, 2.24) is 0 Å². The van der Waals surface area contributed by atoms with Gasteiger partial charge in [0, 0.05) is 17.6 Å². The number of carbonyl (C=O) groups is 2. The molecule has 1 heterocycles. The number of methoxy groups -OCH3 is 2. The Labute approximate surface area is 178 Å². The molecule has 1 atom stereocenters. The third-order valence-electron chi connectivity index (χ3n) is 4.36. The summed E-state index contributed by atoms with van der Waals surface area (Å²) in [5.41, 5.74) is 2.04. The minimum atomic E-state index is -0.973. The monoisotopic (exact) mass is 433 g/mol. The predicted molar refractivity (Wildman–Crippen MR) is 117 cm³/mol. The topological polar surface area (TPSA) is 73.9 Å². The standard InChI is InChI=1S/C21H23NO5S2/c1-13(19(23)22-17-12-16(25-2)8-9-18(17)26-3)27-20(24)14-4-6-15(7-5-14)21-28-10-11-29-21/h4-9,12-13,21H,10-11H2,1-3H3,(H,22,23). The first-order valence-electron chi connectivity index (χ1n) is 9.09. The molecule has 29 heavy (non-hydrogen) atoms. The van der Waals surface area contributed by atoms with Gasteiger partial charge in [-0.3, -0.25) is 4.79 Å². The predicted octanol–water partition coefficient (Wildman–Crippen LogP) is 4.37. The van der Waals surface area contributed by atoms with Gasteiger partial charge in [0.15, 0.2) is 6.10 Å². The molecule has 6 nitrogen and oxygen atoms in total. The number of rotatable bonds is 7. The summed E-state index contributed by atoms with van der Waals surface area (Å²) in [5, 5.41) is 2.71. The van der Waals surface area contributed by atoms with Crippen LogP contribution in [0.5, 0.6) is 11.5 Å². The van der Waals surface area contributed by atoms with Gasteiger partial charge in [-0.2, -0.15) is 0 Å². The number of carbonyl (C=O) groups excluding carboxylic acids is 2. The first-order chi connectivity index (χ1) is 14.0. The van der Waals surface area contributed by atoms with Crippen LogP contribution in [0, 0.1) is 0 Å². The van der Waals surface area contributed by atoms with E-state index < -0.39 is 18.0 Å². The molecule has 0 aromatic heterocycles. The number of amides is 1. The number of benzene rings is 2. The van der Waals surface area contributed by atoms with Crippen LogP contribution in [0.15, 0.2) is 42.5 Å². The lowest BCUT2D eigenvalue weighted by atomic mass is 10.1. The molecular formula is C21H23NO5S2. The fraction of sp³-hybridized carbons (Fsp3) is 0.333. The van der Waals surface area contributed by atoms with Crippen molar-refractivity contribution in [1.29, 1.82) is 0 Å². The summed E-state index contributed by atoms with van der Waals surface area (Å²) in [6, 6.07) is 12.4. The second-order valence-corrected chi connectivity index (χ2v) is 9.02. The molecule has 0 spiro atoms. The largest absolute Gasteiger partial charge is 0.497 e. The molecule has 0 radical (unpaired) electrons. The zero-order chi connectivity index (χ0) is 20.8.